The SMILES string of the molecule is [2H]c1c([2H])c([2H])c(-c2c([2H])c([2H])c(-c3cccc(-n4c5c([2H])c([2H])c([2H])c([2H])c5c5c([2H])c([2H])c([2H])c(-n6c7c([2H])c([2H])c([2H])c([2H])c7c7c([2H])c(-n8c9c([2H])c([2H])c([2H])c([2H])c9c9c([2H])c([2H])c([2H])c([2H])c98)c([2H])c([2H])c76)c54)c3)c([2H])c2[2H])c([2H])c1[2H]. The summed E-state index contributed by atoms with van der Waals surface area (Å²) in [5, 5.41) is -3.15. The molecule has 0 bridgehead atoms. The van der Waals surface area contributed by atoms with Gasteiger partial charge in [0.2, 0.25) is 0 Å². The van der Waals surface area contributed by atoms with Crippen LogP contribution in [0.4, 0.5) is 0 Å². The van der Waals surface area contributed by atoms with Gasteiger partial charge in [-0.05, 0) is 82.7 Å². The van der Waals surface area contributed by atoms with Gasteiger partial charge >= 0.3 is 0 Å². The van der Waals surface area contributed by atoms with Crippen LogP contribution < -0.4 is 0 Å². The van der Waals surface area contributed by atoms with Crippen molar-refractivity contribution in [2.45, 2.75) is 0 Å². The van der Waals surface area contributed by atoms with Crippen molar-refractivity contribution in [2.75, 3.05) is 0 Å². The second-order valence-electron chi connectivity index (χ2n) is 12.6. The third kappa shape index (κ3) is 4.79. The maximum Gasteiger partial charge on any atom is 0.0782 e. The molecule has 0 spiro atoms. The number of rotatable bonds is 5. The fraction of sp³-hybridized carbons (Fsp3) is 0. The number of benzene rings is 9. The molecule has 9 aromatic carbocycles. The average molecular weight is 757 g/mol. The minimum Gasteiger partial charge on any atom is -0.309 e. The minimum atomic E-state index is -1.04. The smallest absolute Gasteiger partial charge is 0.0782 e. The van der Waals surface area contributed by atoms with Gasteiger partial charge in [0.15, 0.2) is 0 Å². The summed E-state index contributed by atoms with van der Waals surface area (Å²) in [7, 11) is 0. The van der Waals surface area contributed by atoms with Crippen LogP contribution in [0.5, 0.6) is 0 Å². The lowest BCUT2D eigenvalue weighted by Crippen LogP contribution is -2.01. The Balaban J connectivity index is 1.28. The van der Waals surface area contributed by atoms with E-state index in [-0.39, 0.29) is 11.3 Å². The van der Waals surface area contributed by atoms with E-state index in [4.69, 9.17) is 26.0 Å². The van der Waals surface area contributed by atoms with Crippen LogP contribution in [0.25, 0.3) is 105 Å². The zero-order chi connectivity index (χ0) is 64.4. The highest BCUT2D eigenvalue weighted by atomic mass is 15.1. The van der Waals surface area contributed by atoms with Gasteiger partial charge in [0, 0.05) is 43.7 Å². The standard InChI is InChI=1S/C54H35N3/c1-2-14-36(15-3-1)37-28-30-38(31-29-37)39-16-12-17-40(34-39)56-50-25-10-6-20-44(50)46-22-13-27-53(54(46)56)57-51-26-11-7-21-45(51)47-35-41(32-33-52(47)57)55-48-23-8-4-18-42(48)43-19-5-9-24-49(43)55/h1-35H/i1D,2D,3D,4D,5D,6D,7D,8D,9D,10D,11D,13D,14D,15D,18D,19D,20D,21D,22D,23D,24D,25D,26D,27D,28D,29D,30D,31D,32D,33D,35D. The largest absolute Gasteiger partial charge is 0.309 e. The van der Waals surface area contributed by atoms with Crippen molar-refractivity contribution in [3.05, 3.63) is 212 Å². The van der Waals surface area contributed by atoms with Gasteiger partial charge < -0.3 is 13.7 Å². The second-order valence-corrected chi connectivity index (χ2v) is 12.6. The normalized spacial score (nSPS) is 19.5. The monoisotopic (exact) mass is 756 g/mol. The van der Waals surface area contributed by atoms with Gasteiger partial charge in [-0.1, -0.05) is 151 Å². The van der Waals surface area contributed by atoms with Crippen LogP contribution in [0, 0.1) is 0 Å². The topological polar surface area (TPSA) is 14.8 Å². The summed E-state index contributed by atoms with van der Waals surface area (Å²) in [5.74, 6) is 0. The molecule has 3 heterocycles. The Hall–Kier alpha value is -7.62. The summed E-state index contributed by atoms with van der Waals surface area (Å²) in [6.07, 6.45) is 0. The van der Waals surface area contributed by atoms with Crippen LogP contribution in [0.2, 0.25) is 0 Å². The molecule has 3 heteroatoms. The Kier molecular flexibility index (Phi) is 3.02. The summed E-state index contributed by atoms with van der Waals surface area (Å²) in [6.45, 7) is 0. The predicted octanol–water partition coefficient (Wildman–Crippen LogP) is 14.3. The van der Waals surface area contributed by atoms with Gasteiger partial charge in [0.25, 0.3) is 0 Å². The van der Waals surface area contributed by atoms with Gasteiger partial charge in [-0.25, -0.2) is 0 Å². The van der Waals surface area contributed by atoms with Crippen LogP contribution in [0.1, 0.15) is 42.5 Å². The molecule has 12 rings (SSSR count). The lowest BCUT2D eigenvalue weighted by Gasteiger charge is -2.15. The molecule has 0 saturated carbocycles. The Bertz CT molecular complexity index is 5210. The molecule has 0 saturated heterocycles. The van der Waals surface area contributed by atoms with Gasteiger partial charge in [-0.3, -0.25) is 0 Å². The first-order chi connectivity index (χ1) is 41.2. The van der Waals surface area contributed by atoms with Crippen molar-refractivity contribution in [3.8, 4) is 39.3 Å². The first kappa shape index (κ1) is 13.8. The van der Waals surface area contributed by atoms with E-state index in [1.165, 1.54) is 24.3 Å². The van der Waals surface area contributed by atoms with Crippen LogP contribution in [0.3, 0.4) is 0 Å². The third-order valence-corrected chi connectivity index (χ3v) is 9.59. The fourth-order valence-corrected chi connectivity index (χ4v) is 7.22. The molecular formula is C54H35N3. The van der Waals surface area contributed by atoms with E-state index in [0.717, 1.165) is 13.7 Å². The molecular weight excluding hydrogens is 691 g/mol. The summed E-state index contributed by atoms with van der Waals surface area (Å²) >= 11 is 0. The summed E-state index contributed by atoms with van der Waals surface area (Å²) in [4.78, 5) is 0. The highest BCUT2D eigenvalue weighted by molar-refractivity contribution is 6.16. The zero-order valence-electron chi connectivity index (χ0n) is 59.7. The van der Waals surface area contributed by atoms with Crippen LogP contribution in [-0.2, 0) is 0 Å². The van der Waals surface area contributed by atoms with Gasteiger partial charge in [0.05, 0.1) is 81.3 Å². The molecule has 0 aliphatic rings. The van der Waals surface area contributed by atoms with Crippen molar-refractivity contribution in [1.82, 2.24) is 13.7 Å². The van der Waals surface area contributed by atoms with E-state index in [2.05, 4.69) is 0 Å². The molecule has 266 valence electrons. The first-order valence-corrected chi connectivity index (χ1v) is 17.1. The molecule has 57 heavy (non-hydrogen) atoms. The number of hydrogen-bond acceptors (Lipinski definition) is 0. The number of fused-ring (bicyclic) bond motifs is 9. The van der Waals surface area contributed by atoms with E-state index < -0.39 is 281 Å². The van der Waals surface area contributed by atoms with Crippen molar-refractivity contribution in [3.63, 3.8) is 0 Å². The third-order valence-electron chi connectivity index (χ3n) is 9.59. The van der Waals surface area contributed by atoms with Gasteiger partial charge in [-0.15, -0.1) is 0 Å². The average Bonchev–Trinajstić information content (AvgIpc) is 1.51. The van der Waals surface area contributed by atoms with Crippen LogP contribution in [-0.4, -0.2) is 13.7 Å². The van der Waals surface area contributed by atoms with Crippen molar-refractivity contribution in [2.24, 2.45) is 0 Å². The molecule has 0 aliphatic heterocycles. The Morgan fingerprint density at radius 3 is 1.47 bits per heavy atom. The minimum absolute atomic E-state index is 0.154. The molecule has 0 fully saturated rings. The molecule has 3 aromatic heterocycles. The number of aromatic nitrogens is 3. The van der Waals surface area contributed by atoms with Crippen molar-refractivity contribution >= 4 is 65.4 Å². The number of nitrogens with zero attached hydrogens (tertiary/aromatic N) is 3. The molecule has 0 radical (unpaired) electrons. The van der Waals surface area contributed by atoms with Gasteiger partial charge in [-0.2, -0.15) is 0 Å². The van der Waals surface area contributed by atoms with E-state index in [1.54, 1.807) is 0 Å². The Morgan fingerprint density at radius 1 is 0.316 bits per heavy atom. The molecule has 0 amide bonds. The molecule has 0 aliphatic carbocycles. The quantitative estimate of drug-likeness (QED) is 0.166. The van der Waals surface area contributed by atoms with E-state index in [1.807, 2.05) is 0 Å². The molecule has 0 unspecified atom stereocenters. The maximum absolute atomic E-state index is 10.1. The van der Waals surface area contributed by atoms with E-state index in [9.17, 15) is 16.4 Å². The van der Waals surface area contributed by atoms with Crippen molar-refractivity contribution < 1.29 is 42.5 Å². The molecule has 3 nitrogen and oxygen atoms in total. The molecule has 0 N–H and O–H groups in total. The summed E-state index contributed by atoms with van der Waals surface area (Å²) in [6, 6.07) is -21.6. The van der Waals surface area contributed by atoms with Crippen LogP contribution in [0.15, 0.2) is 212 Å². The maximum atomic E-state index is 10.1. The van der Waals surface area contributed by atoms with Gasteiger partial charge in [0.1, 0.15) is 0 Å². The second kappa shape index (κ2) is 12.5. The lowest BCUT2D eigenvalue weighted by atomic mass is 10.00. The zero-order valence-corrected chi connectivity index (χ0v) is 28.7. The first-order valence-electron chi connectivity index (χ1n) is 32.6. The Labute approximate surface area is 373 Å². The predicted molar refractivity (Wildman–Crippen MR) is 240 cm³/mol. The molecule has 0 atom stereocenters. The number of para-hydroxylation sites is 5. The summed E-state index contributed by atoms with van der Waals surface area (Å²) < 4.78 is 284. The molecule has 12 aromatic rings. The number of hydrogen-bond donors (Lipinski definition) is 0. The Morgan fingerprint density at radius 2 is 0.807 bits per heavy atom. The van der Waals surface area contributed by atoms with E-state index >= 15 is 0 Å². The highest BCUT2D eigenvalue weighted by Crippen LogP contribution is 2.41. The fourth-order valence-electron chi connectivity index (χ4n) is 7.22. The highest BCUT2D eigenvalue weighted by Gasteiger charge is 2.21. The lowest BCUT2D eigenvalue weighted by molar-refractivity contribution is 1.13. The van der Waals surface area contributed by atoms with E-state index in [0.29, 0.717) is 0 Å². The van der Waals surface area contributed by atoms with Crippen molar-refractivity contribution in [1.29, 1.82) is 0 Å². The van der Waals surface area contributed by atoms with Crippen LogP contribution >= 0.6 is 0 Å². The summed E-state index contributed by atoms with van der Waals surface area (Å²) in [5.41, 5.74) is -7.05.